The highest BCUT2D eigenvalue weighted by molar-refractivity contribution is 5.76. The Kier molecular flexibility index (Phi) is 5.62. The molecule has 1 aliphatic rings. The van der Waals surface area contributed by atoms with Crippen molar-refractivity contribution in [3.05, 3.63) is 137 Å². The summed E-state index contributed by atoms with van der Waals surface area (Å²) < 4.78 is 4.17. The number of benzene rings is 3. The second kappa shape index (κ2) is 9.23. The molecule has 1 N–H and O–H groups in total. The second-order valence-electron chi connectivity index (χ2n) is 9.02. The Bertz CT molecular complexity index is 1490. The summed E-state index contributed by atoms with van der Waals surface area (Å²) in [6.45, 7) is 2.92. The molecule has 6 heteroatoms. The van der Waals surface area contributed by atoms with Gasteiger partial charge < -0.3 is 14.8 Å². The van der Waals surface area contributed by atoms with Crippen molar-refractivity contribution < 1.29 is 4.79 Å². The molecule has 0 fully saturated rings. The Hall–Kier alpha value is -4.58. The molecule has 2 amide bonds. The maximum absolute atomic E-state index is 13.8. The maximum Gasteiger partial charge on any atom is 0.318 e. The quantitative estimate of drug-likeness (QED) is 0.359. The fraction of sp³-hybridized carbons (Fsp3) is 0.133. The minimum absolute atomic E-state index is 0.111. The van der Waals surface area contributed by atoms with Crippen LogP contribution in [0, 0.1) is 6.92 Å². The van der Waals surface area contributed by atoms with E-state index in [4.69, 9.17) is 5.10 Å². The number of nitrogens with one attached hydrogen (secondary N) is 1. The van der Waals surface area contributed by atoms with Crippen LogP contribution in [0.5, 0.6) is 0 Å². The van der Waals surface area contributed by atoms with Gasteiger partial charge in [-0.2, -0.15) is 5.10 Å². The zero-order valence-corrected chi connectivity index (χ0v) is 20.1. The summed E-state index contributed by atoms with van der Waals surface area (Å²) in [7, 11) is 0. The van der Waals surface area contributed by atoms with Gasteiger partial charge >= 0.3 is 6.03 Å². The lowest BCUT2D eigenvalue weighted by molar-refractivity contribution is 0.180. The van der Waals surface area contributed by atoms with Crippen LogP contribution >= 0.6 is 0 Å². The summed E-state index contributed by atoms with van der Waals surface area (Å²) in [5, 5.41) is 8.06. The van der Waals surface area contributed by atoms with Crippen molar-refractivity contribution >= 4 is 6.03 Å². The number of amides is 2. The van der Waals surface area contributed by atoms with Gasteiger partial charge in [-0.3, -0.25) is 0 Å². The van der Waals surface area contributed by atoms with Gasteiger partial charge in [0.25, 0.3) is 0 Å². The molecule has 36 heavy (non-hydrogen) atoms. The summed E-state index contributed by atoms with van der Waals surface area (Å²) in [4.78, 5) is 15.7. The number of para-hydroxylation sites is 1. The zero-order chi connectivity index (χ0) is 24.5. The van der Waals surface area contributed by atoms with Crippen LogP contribution in [0.2, 0.25) is 0 Å². The molecular formula is C30H27N5O. The first-order valence-electron chi connectivity index (χ1n) is 12.2. The first-order chi connectivity index (χ1) is 17.7. The lowest BCUT2D eigenvalue weighted by atomic mass is 10.0. The highest BCUT2D eigenvalue weighted by atomic mass is 16.2. The van der Waals surface area contributed by atoms with Gasteiger partial charge in [0.05, 0.1) is 29.7 Å². The summed E-state index contributed by atoms with van der Waals surface area (Å²) in [6, 6.07) is 34.2. The van der Waals surface area contributed by atoms with Crippen LogP contribution in [-0.4, -0.2) is 25.3 Å². The van der Waals surface area contributed by atoms with E-state index in [0.717, 1.165) is 39.6 Å². The Balaban J connectivity index is 1.48. The van der Waals surface area contributed by atoms with Crippen LogP contribution in [-0.2, 0) is 13.1 Å². The Morgan fingerprint density at radius 3 is 2.28 bits per heavy atom. The fourth-order valence-electron chi connectivity index (χ4n) is 5.01. The van der Waals surface area contributed by atoms with Gasteiger partial charge in [-0.25, -0.2) is 9.48 Å². The summed E-state index contributed by atoms with van der Waals surface area (Å²) in [5.41, 5.74) is 6.07. The zero-order valence-electron chi connectivity index (χ0n) is 20.1. The highest BCUT2D eigenvalue weighted by Crippen LogP contribution is 2.38. The van der Waals surface area contributed by atoms with E-state index in [1.165, 1.54) is 0 Å². The van der Waals surface area contributed by atoms with Crippen LogP contribution < -0.4 is 5.32 Å². The number of nitrogens with zero attached hydrogens (tertiary/aromatic N) is 4. The number of fused-ring (bicyclic) bond motifs is 3. The Labute approximate surface area is 210 Å². The van der Waals surface area contributed by atoms with Crippen molar-refractivity contribution in [1.29, 1.82) is 0 Å². The highest BCUT2D eigenvalue weighted by Gasteiger charge is 2.35. The summed E-state index contributed by atoms with van der Waals surface area (Å²) in [6.07, 6.45) is 2.07. The van der Waals surface area contributed by atoms with E-state index in [9.17, 15) is 4.79 Å². The molecule has 0 radical (unpaired) electrons. The van der Waals surface area contributed by atoms with Gasteiger partial charge in [0, 0.05) is 18.3 Å². The first kappa shape index (κ1) is 21.9. The molecule has 3 heterocycles. The van der Waals surface area contributed by atoms with Crippen molar-refractivity contribution in [2.75, 3.05) is 0 Å². The third-order valence-corrected chi connectivity index (χ3v) is 6.75. The molecule has 0 spiro atoms. The van der Waals surface area contributed by atoms with Gasteiger partial charge in [-0.15, -0.1) is 0 Å². The average molecular weight is 474 g/mol. The molecule has 0 unspecified atom stereocenters. The van der Waals surface area contributed by atoms with Crippen LogP contribution in [0.25, 0.3) is 11.5 Å². The molecule has 2 aromatic heterocycles. The number of rotatable bonds is 4. The normalized spacial score (nSPS) is 14.6. The van der Waals surface area contributed by atoms with E-state index in [1.54, 1.807) is 0 Å². The molecule has 0 bridgehead atoms. The van der Waals surface area contributed by atoms with E-state index in [1.807, 2.05) is 89.3 Å². The number of aryl methyl sites for hydroxylation is 1. The lowest BCUT2D eigenvalue weighted by Gasteiger charge is -2.31. The van der Waals surface area contributed by atoms with E-state index in [0.29, 0.717) is 13.1 Å². The van der Waals surface area contributed by atoms with Crippen LogP contribution in [0.4, 0.5) is 4.79 Å². The van der Waals surface area contributed by atoms with E-state index < -0.39 is 0 Å². The standard InChI is InChI=1S/C30H27N5O/c1-22-26-21-34(30(36)31-20-23-12-5-2-6-13-23)28(24-14-7-3-8-15-24)27-18-11-19-33(27)29(26)35(32-22)25-16-9-4-10-17-25/h2-19,28H,20-21H2,1H3,(H,31,36)/t28-/m1/s1. The third kappa shape index (κ3) is 3.86. The summed E-state index contributed by atoms with van der Waals surface area (Å²) >= 11 is 0. The van der Waals surface area contributed by atoms with Crippen LogP contribution in [0.3, 0.4) is 0 Å². The smallest absolute Gasteiger partial charge is 0.318 e. The van der Waals surface area contributed by atoms with Gasteiger partial charge in [0.15, 0.2) is 0 Å². The molecule has 178 valence electrons. The van der Waals surface area contributed by atoms with Crippen molar-refractivity contribution in [3.63, 3.8) is 0 Å². The predicted octanol–water partition coefficient (Wildman–Crippen LogP) is 5.79. The molecule has 6 rings (SSSR count). The van der Waals surface area contributed by atoms with Gasteiger partial charge in [0.1, 0.15) is 5.82 Å². The number of hydrogen-bond acceptors (Lipinski definition) is 2. The van der Waals surface area contributed by atoms with Crippen molar-refractivity contribution in [1.82, 2.24) is 24.6 Å². The largest absolute Gasteiger partial charge is 0.334 e. The van der Waals surface area contributed by atoms with Crippen LogP contribution in [0.1, 0.15) is 34.1 Å². The molecule has 0 saturated carbocycles. The number of carbonyl (C=O) groups is 1. The molecule has 5 aromatic rings. The topological polar surface area (TPSA) is 55.1 Å². The average Bonchev–Trinajstić information content (AvgIpc) is 3.49. The Morgan fingerprint density at radius 2 is 1.56 bits per heavy atom. The first-order valence-corrected chi connectivity index (χ1v) is 12.2. The molecule has 3 aromatic carbocycles. The molecule has 0 aliphatic carbocycles. The van der Waals surface area contributed by atoms with Gasteiger partial charge in [-0.1, -0.05) is 78.9 Å². The van der Waals surface area contributed by atoms with Crippen LogP contribution in [0.15, 0.2) is 109 Å². The number of carbonyl (C=O) groups excluding carboxylic acids is 1. The minimum atomic E-state index is -0.256. The minimum Gasteiger partial charge on any atom is -0.334 e. The van der Waals surface area contributed by atoms with Crippen molar-refractivity contribution in [2.24, 2.45) is 0 Å². The molecule has 0 saturated heterocycles. The summed E-state index contributed by atoms with van der Waals surface area (Å²) in [5.74, 6) is 0.970. The van der Waals surface area contributed by atoms with Crippen molar-refractivity contribution in [3.8, 4) is 11.5 Å². The number of hydrogen-bond donors (Lipinski definition) is 1. The third-order valence-electron chi connectivity index (χ3n) is 6.75. The predicted molar refractivity (Wildman–Crippen MR) is 140 cm³/mol. The molecule has 6 nitrogen and oxygen atoms in total. The maximum atomic E-state index is 13.8. The number of aromatic nitrogens is 3. The fourth-order valence-corrected chi connectivity index (χ4v) is 5.01. The monoisotopic (exact) mass is 473 g/mol. The van der Waals surface area contributed by atoms with Crippen molar-refractivity contribution in [2.45, 2.75) is 26.1 Å². The van der Waals surface area contributed by atoms with Gasteiger partial charge in [-0.05, 0) is 42.3 Å². The van der Waals surface area contributed by atoms with E-state index in [2.05, 4.69) is 46.4 Å². The van der Waals surface area contributed by atoms with E-state index in [-0.39, 0.29) is 12.1 Å². The molecule has 1 atom stereocenters. The van der Waals surface area contributed by atoms with Gasteiger partial charge in [0.2, 0.25) is 0 Å². The number of urea groups is 1. The SMILES string of the molecule is Cc1nn(-c2ccccc2)c2c1CN(C(=O)NCc1ccccc1)[C@H](c1ccccc1)c1cccn1-2. The molecular weight excluding hydrogens is 446 g/mol. The lowest BCUT2D eigenvalue weighted by Crippen LogP contribution is -2.41. The van der Waals surface area contributed by atoms with E-state index >= 15 is 0 Å². The Morgan fingerprint density at radius 1 is 0.889 bits per heavy atom. The molecule has 1 aliphatic heterocycles. The second-order valence-corrected chi connectivity index (χ2v) is 9.02.